The molecule has 2 nitrogen and oxygen atoms in total. The number of halogens is 4. The number of alkyl halides is 3. The van der Waals surface area contributed by atoms with Gasteiger partial charge in [-0.1, -0.05) is 0 Å². The first-order valence-corrected chi connectivity index (χ1v) is 6.72. The molecule has 1 atom stereocenters. The van der Waals surface area contributed by atoms with Crippen LogP contribution in [0.4, 0.5) is 23.2 Å². The minimum absolute atomic E-state index is 0.0628. The van der Waals surface area contributed by atoms with Crippen molar-refractivity contribution in [3.63, 3.8) is 0 Å². The lowest BCUT2D eigenvalue weighted by Crippen LogP contribution is -2.42. The minimum Gasteiger partial charge on any atom is -0.371 e. The number of hydrogen-bond donors (Lipinski definition) is 1. The molecular weight excluding hydrogens is 272 g/mol. The van der Waals surface area contributed by atoms with E-state index in [2.05, 4.69) is 0 Å². The van der Waals surface area contributed by atoms with Gasteiger partial charge < -0.3 is 10.6 Å². The zero-order chi connectivity index (χ0) is 14.8. The average Bonchev–Trinajstić information content (AvgIpc) is 2.38. The van der Waals surface area contributed by atoms with E-state index in [-0.39, 0.29) is 18.8 Å². The number of piperidine rings is 1. The Morgan fingerprint density at radius 2 is 2.05 bits per heavy atom. The average molecular weight is 290 g/mol. The van der Waals surface area contributed by atoms with E-state index in [9.17, 15) is 17.6 Å². The lowest BCUT2D eigenvalue weighted by molar-refractivity contribution is -0.176. The predicted octanol–water partition coefficient (Wildman–Crippen LogP) is 3.11. The Bertz CT molecular complexity index is 459. The zero-order valence-electron chi connectivity index (χ0n) is 11.1. The standard InChI is InChI=1S/C14H18F4N2/c15-12-3-4-13(10(8-12)5-6-19)20-7-1-2-11(9-20)14(16,17)18/h3-4,8,11H,1-2,5-7,9,19H2. The van der Waals surface area contributed by atoms with Crippen LogP contribution < -0.4 is 10.6 Å². The largest absolute Gasteiger partial charge is 0.393 e. The van der Waals surface area contributed by atoms with Crippen LogP contribution in [0.5, 0.6) is 0 Å². The van der Waals surface area contributed by atoms with E-state index < -0.39 is 12.1 Å². The third-order valence-corrected chi connectivity index (χ3v) is 3.68. The third kappa shape index (κ3) is 3.42. The maximum atomic E-state index is 13.3. The molecule has 0 aliphatic carbocycles. The number of rotatable bonds is 3. The number of benzene rings is 1. The molecule has 1 saturated heterocycles. The summed E-state index contributed by atoms with van der Waals surface area (Å²) in [6, 6.07) is 4.20. The van der Waals surface area contributed by atoms with Crippen LogP contribution in [0, 0.1) is 11.7 Å². The van der Waals surface area contributed by atoms with Gasteiger partial charge in [-0.05, 0) is 49.6 Å². The Morgan fingerprint density at radius 1 is 1.30 bits per heavy atom. The van der Waals surface area contributed by atoms with Crippen LogP contribution in [0.25, 0.3) is 0 Å². The summed E-state index contributed by atoms with van der Waals surface area (Å²) in [5.41, 5.74) is 6.83. The molecule has 0 saturated carbocycles. The monoisotopic (exact) mass is 290 g/mol. The van der Waals surface area contributed by atoms with Gasteiger partial charge in [0.25, 0.3) is 0 Å². The molecule has 112 valence electrons. The first-order valence-electron chi connectivity index (χ1n) is 6.72. The minimum atomic E-state index is -4.17. The Hall–Kier alpha value is -1.30. The molecule has 1 unspecified atom stereocenters. The highest BCUT2D eigenvalue weighted by Gasteiger charge is 2.42. The van der Waals surface area contributed by atoms with E-state index >= 15 is 0 Å². The van der Waals surface area contributed by atoms with E-state index in [1.54, 1.807) is 11.0 Å². The summed E-state index contributed by atoms with van der Waals surface area (Å²) in [5, 5.41) is 0. The Balaban J connectivity index is 2.22. The number of hydrogen-bond acceptors (Lipinski definition) is 2. The molecule has 0 spiro atoms. The van der Waals surface area contributed by atoms with E-state index in [0.29, 0.717) is 37.2 Å². The molecule has 0 radical (unpaired) electrons. The molecule has 1 aliphatic heterocycles. The summed E-state index contributed by atoms with van der Waals surface area (Å²) >= 11 is 0. The molecule has 2 N–H and O–H groups in total. The topological polar surface area (TPSA) is 29.3 Å². The smallest absolute Gasteiger partial charge is 0.371 e. The van der Waals surface area contributed by atoms with Crippen molar-refractivity contribution in [2.24, 2.45) is 11.7 Å². The van der Waals surface area contributed by atoms with Crippen LogP contribution in [0.3, 0.4) is 0 Å². The molecule has 1 heterocycles. The van der Waals surface area contributed by atoms with Crippen molar-refractivity contribution >= 4 is 5.69 Å². The SMILES string of the molecule is NCCc1cc(F)ccc1N1CCCC(C(F)(F)F)C1. The summed E-state index contributed by atoms with van der Waals surface area (Å²) in [7, 11) is 0. The lowest BCUT2D eigenvalue weighted by Gasteiger charge is -2.36. The van der Waals surface area contributed by atoms with E-state index in [1.165, 1.54) is 12.1 Å². The van der Waals surface area contributed by atoms with Gasteiger partial charge in [0.15, 0.2) is 0 Å². The van der Waals surface area contributed by atoms with Crippen LogP contribution in [0.15, 0.2) is 18.2 Å². The molecule has 0 bridgehead atoms. The molecule has 20 heavy (non-hydrogen) atoms. The van der Waals surface area contributed by atoms with Crippen LogP contribution in [0.1, 0.15) is 18.4 Å². The number of nitrogens with zero attached hydrogens (tertiary/aromatic N) is 1. The van der Waals surface area contributed by atoms with Gasteiger partial charge in [0.1, 0.15) is 5.82 Å². The third-order valence-electron chi connectivity index (χ3n) is 3.68. The fourth-order valence-electron chi connectivity index (χ4n) is 2.68. The fraction of sp³-hybridized carbons (Fsp3) is 0.571. The van der Waals surface area contributed by atoms with Crippen molar-refractivity contribution in [2.45, 2.75) is 25.4 Å². The van der Waals surface area contributed by atoms with Gasteiger partial charge >= 0.3 is 6.18 Å². The molecule has 6 heteroatoms. The fourth-order valence-corrected chi connectivity index (χ4v) is 2.68. The van der Waals surface area contributed by atoms with Crippen LogP contribution >= 0.6 is 0 Å². The van der Waals surface area contributed by atoms with E-state index in [0.717, 1.165) is 0 Å². The first-order chi connectivity index (χ1) is 9.41. The summed E-state index contributed by atoms with van der Waals surface area (Å²) in [5.74, 6) is -1.70. The van der Waals surface area contributed by atoms with Crippen molar-refractivity contribution < 1.29 is 17.6 Å². The first kappa shape index (κ1) is 15.1. The second-order valence-corrected chi connectivity index (χ2v) is 5.14. The molecular formula is C14H18F4N2. The number of anilines is 1. The van der Waals surface area contributed by atoms with Gasteiger partial charge in [0, 0.05) is 18.8 Å². The summed E-state index contributed by atoms with van der Waals surface area (Å²) < 4.78 is 51.8. The van der Waals surface area contributed by atoms with Crippen molar-refractivity contribution in [3.05, 3.63) is 29.6 Å². The molecule has 1 aliphatic rings. The van der Waals surface area contributed by atoms with Crippen molar-refractivity contribution in [3.8, 4) is 0 Å². The van der Waals surface area contributed by atoms with Gasteiger partial charge in [-0.15, -0.1) is 0 Å². The molecule has 0 amide bonds. The second kappa shape index (κ2) is 5.99. The van der Waals surface area contributed by atoms with Gasteiger partial charge in [0.05, 0.1) is 5.92 Å². The summed E-state index contributed by atoms with van der Waals surface area (Å²) in [6.45, 7) is 0.843. The molecule has 1 aromatic carbocycles. The van der Waals surface area contributed by atoms with Gasteiger partial charge in [-0.2, -0.15) is 13.2 Å². The van der Waals surface area contributed by atoms with E-state index in [4.69, 9.17) is 5.73 Å². The quantitative estimate of drug-likeness (QED) is 0.867. The normalized spacial score (nSPS) is 20.2. The maximum Gasteiger partial charge on any atom is 0.393 e. The predicted molar refractivity (Wildman–Crippen MR) is 70.2 cm³/mol. The lowest BCUT2D eigenvalue weighted by atomic mass is 9.96. The Kier molecular flexibility index (Phi) is 4.52. The van der Waals surface area contributed by atoms with Gasteiger partial charge in [0.2, 0.25) is 0 Å². The molecule has 1 fully saturated rings. The Morgan fingerprint density at radius 3 is 2.70 bits per heavy atom. The zero-order valence-corrected chi connectivity index (χ0v) is 11.1. The molecule has 1 aromatic rings. The maximum absolute atomic E-state index is 13.3. The van der Waals surface area contributed by atoms with Crippen molar-refractivity contribution in [1.29, 1.82) is 0 Å². The Labute approximate surface area is 115 Å². The molecule has 0 aromatic heterocycles. The molecule has 2 rings (SSSR count). The second-order valence-electron chi connectivity index (χ2n) is 5.14. The van der Waals surface area contributed by atoms with Gasteiger partial charge in [-0.3, -0.25) is 0 Å². The van der Waals surface area contributed by atoms with Gasteiger partial charge in [-0.25, -0.2) is 4.39 Å². The van der Waals surface area contributed by atoms with Crippen LogP contribution in [-0.4, -0.2) is 25.8 Å². The summed E-state index contributed by atoms with van der Waals surface area (Å²) in [6.07, 6.45) is -3.07. The highest BCUT2D eigenvalue weighted by molar-refractivity contribution is 5.54. The highest BCUT2D eigenvalue weighted by atomic mass is 19.4. The van der Waals surface area contributed by atoms with E-state index in [1.807, 2.05) is 0 Å². The van der Waals surface area contributed by atoms with Crippen LogP contribution in [0.2, 0.25) is 0 Å². The number of nitrogens with two attached hydrogens (primary N) is 1. The van der Waals surface area contributed by atoms with Crippen molar-refractivity contribution in [2.75, 3.05) is 24.5 Å². The van der Waals surface area contributed by atoms with Crippen LogP contribution in [-0.2, 0) is 6.42 Å². The summed E-state index contributed by atoms with van der Waals surface area (Å²) in [4.78, 5) is 1.70. The van der Waals surface area contributed by atoms with Crippen molar-refractivity contribution in [1.82, 2.24) is 0 Å². The highest BCUT2D eigenvalue weighted by Crippen LogP contribution is 2.35.